The molecule has 0 radical (unpaired) electrons. The summed E-state index contributed by atoms with van der Waals surface area (Å²) in [5.41, 5.74) is 0. The molecule has 11 heteroatoms. The molecule has 0 aliphatic carbocycles. The van der Waals surface area contributed by atoms with Crippen LogP contribution in [0.2, 0.25) is 0 Å². The molecule has 0 bridgehead atoms. The summed E-state index contributed by atoms with van der Waals surface area (Å²) in [4.78, 5) is 8.36. The van der Waals surface area contributed by atoms with Crippen molar-refractivity contribution in [3.8, 4) is 0 Å². The molecule has 8 nitrogen and oxygen atoms in total. The van der Waals surface area contributed by atoms with Crippen molar-refractivity contribution in [3.05, 3.63) is 10.1 Å². The van der Waals surface area contributed by atoms with Crippen molar-refractivity contribution in [3.63, 3.8) is 0 Å². The van der Waals surface area contributed by atoms with Crippen LogP contribution in [-0.4, -0.2) is 10.3 Å². The summed E-state index contributed by atoms with van der Waals surface area (Å²) in [6.07, 6.45) is 0. The fourth-order valence-corrected chi connectivity index (χ4v) is 0. The first kappa shape index (κ1) is 22.8. The number of hydrogen-bond acceptors (Lipinski definition) is 6. The Morgan fingerprint density at radius 3 is 1.18 bits per heavy atom. The topological polar surface area (TPSA) is 144 Å². The second-order valence-electron chi connectivity index (χ2n) is 0.646. The van der Waals surface area contributed by atoms with Gasteiger partial charge in [-0.1, -0.05) is 0 Å². The first-order valence-electron chi connectivity index (χ1n) is 1.23. The molecular weight excluding hydrogens is 268 g/mol. The molecule has 0 aliphatic rings. The molecule has 0 spiro atoms. The van der Waals surface area contributed by atoms with E-state index in [9.17, 15) is 0 Å². The summed E-state index contributed by atoms with van der Waals surface area (Å²) in [5, 5.41) is 13.6. The van der Waals surface area contributed by atoms with Gasteiger partial charge in [-0.15, -0.1) is 10.1 Å². The molecule has 0 heterocycles. The van der Waals surface area contributed by atoms with Crippen LogP contribution >= 0.6 is 0 Å². The zero-order valence-corrected chi connectivity index (χ0v) is 11.8. The Labute approximate surface area is 109 Å². The molecule has 56 valence electrons. The molecular formula is HMoNNa2O7. The molecule has 0 fully saturated rings. The molecule has 0 aromatic rings. The van der Waals surface area contributed by atoms with E-state index >= 15 is 0 Å². The Balaban J connectivity index is -0.0000000383. The zero-order valence-electron chi connectivity index (χ0n) is 5.75. The van der Waals surface area contributed by atoms with Crippen molar-refractivity contribution >= 4 is 0 Å². The van der Waals surface area contributed by atoms with E-state index in [-0.39, 0.29) is 59.1 Å². The van der Waals surface area contributed by atoms with Gasteiger partial charge >= 0.3 is 90.2 Å². The summed E-state index contributed by atoms with van der Waals surface area (Å²) in [6.45, 7) is 0. The van der Waals surface area contributed by atoms with Crippen LogP contribution in [0.5, 0.6) is 0 Å². The standard InChI is InChI=1S/Mo.HNO3.2Na.4O/c;2-1(3)4;;;;;;/h;(H,2,3,4);;;;;;/q;;2*+1;;;2*-1. The summed E-state index contributed by atoms with van der Waals surface area (Å²) in [5.74, 6) is 0. The minimum atomic E-state index is -6.02. The van der Waals surface area contributed by atoms with Crippen molar-refractivity contribution in [1.29, 1.82) is 0 Å². The van der Waals surface area contributed by atoms with Crippen LogP contribution in [0, 0.1) is 10.1 Å². The van der Waals surface area contributed by atoms with Gasteiger partial charge in [-0.3, -0.25) is 0 Å². The van der Waals surface area contributed by atoms with Gasteiger partial charge in [0.2, 0.25) is 0 Å². The first-order valence-corrected chi connectivity index (χ1v) is 4.51. The Bertz CT molecular complexity index is 159. The van der Waals surface area contributed by atoms with E-state index in [1.807, 2.05) is 0 Å². The molecule has 0 aromatic heterocycles. The third-order valence-corrected chi connectivity index (χ3v) is 0. The number of nitrogens with zero attached hydrogens (tertiary/aromatic N) is 1. The summed E-state index contributed by atoms with van der Waals surface area (Å²) >= 11 is -6.02. The second kappa shape index (κ2) is 11.4. The van der Waals surface area contributed by atoms with E-state index < -0.39 is 21.8 Å². The fourth-order valence-electron chi connectivity index (χ4n) is 0. The van der Waals surface area contributed by atoms with Gasteiger partial charge in [0.25, 0.3) is 5.09 Å². The van der Waals surface area contributed by atoms with Crippen LogP contribution < -0.4 is 66.6 Å². The molecule has 0 unspecified atom stereocenters. The molecule has 0 saturated carbocycles. The van der Waals surface area contributed by atoms with E-state index in [1.165, 1.54) is 0 Å². The van der Waals surface area contributed by atoms with E-state index in [2.05, 4.69) is 0 Å². The Morgan fingerprint density at radius 2 is 1.18 bits per heavy atom. The molecule has 0 atom stereocenters. The number of rotatable bonds is 0. The average Bonchev–Trinajstić information content (AvgIpc) is 1.19. The molecule has 0 amide bonds. The third-order valence-electron chi connectivity index (χ3n) is 0. The van der Waals surface area contributed by atoms with Crippen LogP contribution in [0.3, 0.4) is 0 Å². The summed E-state index contributed by atoms with van der Waals surface area (Å²) in [7, 11) is 0. The Hall–Kier alpha value is 1.41. The van der Waals surface area contributed by atoms with Gasteiger partial charge in [0.1, 0.15) is 0 Å². The normalized spacial score (nSPS) is 7.45. The van der Waals surface area contributed by atoms with Gasteiger partial charge < -0.3 is 5.21 Å². The molecule has 11 heavy (non-hydrogen) atoms. The monoisotopic (exact) mass is 271 g/mol. The molecule has 0 rings (SSSR count). The van der Waals surface area contributed by atoms with Crippen molar-refractivity contribution in [2.24, 2.45) is 0 Å². The summed E-state index contributed by atoms with van der Waals surface area (Å²) in [6, 6.07) is 0. The third kappa shape index (κ3) is 509. The quantitative estimate of drug-likeness (QED) is 0.261. The van der Waals surface area contributed by atoms with E-state index in [0.717, 1.165) is 0 Å². The molecule has 1 N–H and O–H groups in total. The predicted molar refractivity (Wildman–Crippen MR) is 10.2 cm³/mol. The second-order valence-corrected chi connectivity index (χ2v) is 2.65. The van der Waals surface area contributed by atoms with E-state index in [4.69, 9.17) is 29.6 Å². The van der Waals surface area contributed by atoms with Gasteiger partial charge in [-0.25, -0.2) is 0 Å². The van der Waals surface area contributed by atoms with Gasteiger partial charge in [0, 0.05) is 0 Å². The van der Waals surface area contributed by atoms with Crippen LogP contribution in [0.15, 0.2) is 0 Å². The maximum atomic E-state index is 8.63. The van der Waals surface area contributed by atoms with Crippen molar-refractivity contribution in [2.75, 3.05) is 0 Å². The van der Waals surface area contributed by atoms with Crippen LogP contribution in [0.25, 0.3) is 0 Å². The Morgan fingerprint density at radius 1 is 1.18 bits per heavy atom. The molecule has 0 saturated heterocycles. The van der Waals surface area contributed by atoms with Gasteiger partial charge in [0.05, 0.1) is 0 Å². The van der Waals surface area contributed by atoms with Crippen LogP contribution in [0.1, 0.15) is 0 Å². The van der Waals surface area contributed by atoms with Gasteiger partial charge in [-0.05, 0) is 0 Å². The maximum absolute atomic E-state index is 8.63. The minimum absolute atomic E-state index is 0. The van der Waals surface area contributed by atoms with Gasteiger partial charge in [-0.2, -0.15) is 0 Å². The van der Waals surface area contributed by atoms with E-state index in [1.54, 1.807) is 0 Å². The van der Waals surface area contributed by atoms with Crippen molar-refractivity contribution in [1.82, 2.24) is 0 Å². The SMILES string of the molecule is O=[N+]([O-])O.[Na+].[Na+].[O]=[Mo](=[O])([O-])[O-]. The molecule has 0 aromatic carbocycles. The van der Waals surface area contributed by atoms with Gasteiger partial charge in [0.15, 0.2) is 0 Å². The predicted octanol–water partition coefficient (Wildman–Crippen LogP) is -8.96. The Kier molecular flexibility index (Phi) is 23.7. The average molecular weight is 269 g/mol. The van der Waals surface area contributed by atoms with Crippen LogP contribution in [0.4, 0.5) is 0 Å². The van der Waals surface area contributed by atoms with Crippen molar-refractivity contribution in [2.45, 2.75) is 0 Å². The van der Waals surface area contributed by atoms with E-state index in [0.29, 0.717) is 0 Å². The zero-order chi connectivity index (χ0) is 8.08. The summed E-state index contributed by atoms with van der Waals surface area (Å²) < 4.78 is 34.5. The molecule has 0 aliphatic heterocycles. The van der Waals surface area contributed by atoms with Crippen molar-refractivity contribution < 1.29 is 100 Å². The number of hydrogen-bond donors (Lipinski definition) is 1. The first-order chi connectivity index (χ1) is 3.73. The van der Waals surface area contributed by atoms with Crippen LogP contribution in [-0.2, 0) is 23.5 Å². The fraction of sp³-hybridized carbons (Fsp3) is 0.